The maximum atomic E-state index is 14.2. The molecule has 0 fully saturated rings. The van der Waals surface area contributed by atoms with Crippen LogP contribution < -0.4 is 0 Å². The molecule has 9 heteroatoms. The van der Waals surface area contributed by atoms with Crippen LogP contribution in [0.5, 0.6) is 0 Å². The van der Waals surface area contributed by atoms with E-state index in [1.807, 2.05) is 0 Å². The van der Waals surface area contributed by atoms with Crippen molar-refractivity contribution in [2.45, 2.75) is 17.8 Å². The highest BCUT2D eigenvalue weighted by atomic mass is 32.1. The van der Waals surface area contributed by atoms with Gasteiger partial charge in [-0.2, -0.15) is 26.3 Å². The Morgan fingerprint density at radius 2 is 1.12 bits per heavy atom. The smallest absolute Gasteiger partial charge is 0.380 e. The van der Waals surface area contributed by atoms with E-state index in [9.17, 15) is 26.3 Å². The fourth-order valence-electron chi connectivity index (χ4n) is 2.70. The average Bonchev–Trinajstić information content (AvgIpc) is 3.25. The van der Waals surface area contributed by atoms with E-state index < -0.39 is 40.4 Å². The minimum atomic E-state index is -5.53. The Balaban J connectivity index is 2.11. The maximum absolute atomic E-state index is 14.2. The lowest BCUT2D eigenvalue weighted by molar-refractivity contribution is -0.302. The lowest BCUT2D eigenvalue weighted by Crippen LogP contribution is -2.43. The van der Waals surface area contributed by atoms with E-state index in [0.717, 1.165) is 22.7 Å². The summed E-state index contributed by atoms with van der Waals surface area (Å²) in [7, 11) is 0. The zero-order chi connectivity index (χ0) is 17.3. The Morgan fingerprint density at radius 1 is 0.708 bits per heavy atom. The molecule has 0 aliphatic heterocycles. The van der Waals surface area contributed by atoms with Gasteiger partial charge in [0.05, 0.1) is 20.9 Å². The molecule has 0 saturated carbocycles. The van der Waals surface area contributed by atoms with Crippen molar-refractivity contribution in [3.63, 3.8) is 0 Å². The van der Waals surface area contributed by atoms with Gasteiger partial charge in [-0.15, -0.1) is 22.7 Å². The summed E-state index contributed by atoms with van der Waals surface area (Å²) in [6.07, 6.45) is 0. The number of alkyl halides is 6. The van der Waals surface area contributed by atoms with E-state index in [2.05, 4.69) is 0 Å². The van der Waals surface area contributed by atoms with E-state index in [1.54, 1.807) is 0 Å². The topological polar surface area (TPSA) is 13.1 Å². The molecule has 0 unspecified atom stereocenters. The normalized spacial score (nSPS) is 20.2. The quantitative estimate of drug-likeness (QED) is 0.458. The molecular formula is C15H6F6OS2. The molecule has 3 heterocycles. The van der Waals surface area contributed by atoms with Gasteiger partial charge < -0.3 is 4.42 Å². The van der Waals surface area contributed by atoms with E-state index in [-0.39, 0.29) is 9.75 Å². The Hall–Kier alpha value is -1.74. The van der Waals surface area contributed by atoms with E-state index in [1.165, 1.54) is 35.0 Å². The predicted octanol–water partition coefficient (Wildman–Crippen LogP) is 6.57. The number of hydrogen-bond donors (Lipinski definition) is 0. The number of rotatable bonds is 2. The highest BCUT2D eigenvalue weighted by Gasteiger charge is 2.81. The van der Waals surface area contributed by atoms with Gasteiger partial charge in [0.25, 0.3) is 0 Å². The minimum absolute atomic E-state index is 0.0854. The first kappa shape index (κ1) is 15.8. The minimum Gasteiger partial charge on any atom is -0.453 e. The van der Waals surface area contributed by atoms with Gasteiger partial charge in [0.15, 0.2) is 11.5 Å². The third-order valence-corrected chi connectivity index (χ3v) is 5.55. The molecule has 1 nitrogen and oxygen atoms in total. The van der Waals surface area contributed by atoms with E-state index in [0.29, 0.717) is 0 Å². The Labute approximate surface area is 139 Å². The zero-order valence-electron chi connectivity index (χ0n) is 11.5. The number of hydrogen-bond acceptors (Lipinski definition) is 3. The van der Waals surface area contributed by atoms with E-state index in [4.69, 9.17) is 4.42 Å². The van der Waals surface area contributed by atoms with Crippen LogP contribution in [0.4, 0.5) is 26.3 Å². The molecular weight excluding hydrogens is 374 g/mol. The second kappa shape index (κ2) is 4.66. The summed E-state index contributed by atoms with van der Waals surface area (Å²) in [5, 5.41) is 3.02. The van der Waals surface area contributed by atoms with Crippen molar-refractivity contribution in [1.82, 2.24) is 0 Å². The van der Waals surface area contributed by atoms with Crippen LogP contribution in [0.1, 0.15) is 11.1 Å². The van der Waals surface area contributed by atoms with Crippen molar-refractivity contribution in [3.05, 3.63) is 46.2 Å². The van der Waals surface area contributed by atoms with Crippen molar-refractivity contribution in [2.24, 2.45) is 0 Å². The zero-order valence-corrected chi connectivity index (χ0v) is 13.1. The summed E-state index contributed by atoms with van der Waals surface area (Å²) in [4.78, 5) is 0.171. The van der Waals surface area contributed by atoms with Crippen molar-refractivity contribution in [1.29, 1.82) is 0 Å². The van der Waals surface area contributed by atoms with Gasteiger partial charge in [-0.1, -0.05) is 12.1 Å². The third kappa shape index (κ3) is 1.71. The van der Waals surface area contributed by atoms with Crippen LogP contribution in [0, 0.1) is 0 Å². The van der Waals surface area contributed by atoms with Crippen molar-refractivity contribution in [3.8, 4) is 21.3 Å². The van der Waals surface area contributed by atoms with Crippen molar-refractivity contribution >= 4 is 22.7 Å². The molecule has 3 aromatic heterocycles. The molecule has 0 spiro atoms. The van der Waals surface area contributed by atoms with Gasteiger partial charge in [-0.3, -0.25) is 0 Å². The average molecular weight is 380 g/mol. The number of thiophene rings is 2. The predicted molar refractivity (Wildman–Crippen MR) is 78.1 cm³/mol. The molecule has 24 heavy (non-hydrogen) atoms. The SMILES string of the molecule is FC1(F)c2c(-c3cccs3)oc(-c3cccs3)c2C(F)(F)C1(F)F. The van der Waals surface area contributed by atoms with Gasteiger partial charge in [-0.25, -0.2) is 0 Å². The molecule has 1 aliphatic rings. The number of halogens is 6. The second-order valence-electron chi connectivity index (χ2n) is 5.19. The van der Waals surface area contributed by atoms with Crippen LogP contribution in [0.2, 0.25) is 0 Å². The fraction of sp³-hybridized carbons (Fsp3) is 0.200. The van der Waals surface area contributed by atoms with Crippen molar-refractivity contribution < 1.29 is 30.8 Å². The number of furan rings is 1. The van der Waals surface area contributed by atoms with Crippen LogP contribution in [0.15, 0.2) is 39.4 Å². The van der Waals surface area contributed by atoms with Crippen LogP contribution in [0.3, 0.4) is 0 Å². The highest BCUT2D eigenvalue weighted by Crippen LogP contribution is 2.67. The van der Waals surface area contributed by atoms with Crippen LogP contribution >= 0.6 is 22.7 Å². The Morgan fingerprint density at radius 3 is 1.46 bits per heavy atom. The lowest BCUT2D eigenvalue weighted by Gasteiger charge is -2.24. The summed E-state index contributed by atoms with van der Waals surface area (Å²) in [6.45, 7) is 0. The summed E-state index contributed by atoms with van der Waals surface area (Å²) in [5.74, 6) is -16.9. The monoisotopic (exact) mass is 380 g/mol. The van der Waals surface area contributed by atoms with Gasteiger partial charge in [0, 0.05) is 0 Å². The van der Waals surface area contributed by atoms with E-state index >= 15 is 0 Å². The summed E-state index contributed by atoms with van der Waals surface area (Å²) < 4.78 is 89.9. The third-order valence-electron chi connectivity index (χ3n) is 3.81. The molecule has 4 rings (SSSR count). The summed E-state index contributed by atoms with van der Waals surface area (Å²) in [6, 6.07) is 5.69. The number of fused-ring (bicyclic) bond motifs is 1. The maximum Gasteiger partial charge on any atom is 0.380 e. The van der Waals surface area contributed by atoms with Crippen molar-refractivity contribution in [2.75, 3.05) is 0 Å². The standard InChI is InChI=1S/C15H6F6OS2/c16-13(17)9-10(14(18,19)15(13,20)21)12(8-4-2-6-24-8)22-11(9)7-3-1-5-23-7/h1-6H. The van der Waals surface area contributed by atoms with Gasteiger partial charge in [-0.05, 0) is 22.9 Å². The van der Waals surface area contributed by atoms with Gasteiger partial charge in [0.2, 0.25) is 0 Å². The first-order valence-corrected chi connectivity index (χ1v) is 8.34. The second-order valence-corrected chi connectivity index (χ2v) is 7.08. The molecule has 0 radical (unpaired) electrons. The van der Waals surface area contributed by atoms with Crippen LogP contribution in [-0.2, 0) is 11.8 Å². The molecule has 126 valence electrons. The molecule has 3 aromatic rings. The molecule has 0 aromatic carbocycles. The molecule has 0 saturated heterocycles. The Kier molecular flexibility index (Phi) is 3.06. The van der Waals surface area contributed by atoms with Gasteiger partial charge >= 0.3 is 17.8 Å². The Bertz CT molecular complexity index is 822. The fourth-order valence-corrected chi connectivity index (χ4v) is 4.13. The van der Waals surface area contributed by atoms with Crippen LogP contribution in [0.25, 0.3) is 21.3 Å². The highest BCUT2D eigenvalue weighted by molar-refractivity contribution is 7.13. The van der Waals surface area contributed by atoms with Crippen LogP contribution in [-0.4, -0.2) is 5.92 Å². The molecule has 0 bridgehead atoms. The molecule has 1 aliphatic carbocycles. The first-order chi connectivity index (χ1) is 11.2. The van der Waals surface area contributed by atoms with Gasteiger partial charge in [0.1, 0.15) is 0 Å². The summed E-state index contributed by atoms with van der Waals surface area (Å²) in [5.41, 5.74) is -2.85. The first-order valence-electron chi connectivity index (χ1n) is 6.58. The summed E-state index contributed by atoms with van der Waals surface area (Å²) >= 11 is 1.88. The largest absolute Gasteiger partial charge is 0.453 e. The molecule has 0 atom stereocenters. The molecule has 0 amide bonds. The lowest BCUT2D eigenvalue weighted by atomic mass is 10.1. The molecule has 0 N–H and O–H groups in total.